The molecule has 0 radical (unpaired) electrons. The van der Waals surface area contributed by atoms with E-state index in [9.17, 15) is 9.59 Å². The van der Waals surface area contributed by atoms with Crippen LogP contribution >= 0.6 is 0 Å². The average Bonchev–Trinajstić information content (AvgIpc) is 2.87. The van der Waals surface area contributed by atoms with E-state index in [2.05, 4.69) is 44.8 Å². The maximum atomic E-state index is 13.8. The first kappa shape index (κ1) is 28.8. The summed E-state index contributed by atoms with van der Waals surface area (Å²) in [6.07, 6.45) is 5.48. The summed E-state index contributed by atoms with van der Waals surface area (Å²) >= 11 is 0. The fraction of sp³-hybridized carbons (Fsp3) is 0.931. The Bertz CT molecular complexity index is 749. The van der Waals surface area contributed by atoms with Gasteiger partial charge in [0.1, 0.15) is 6.04 Å². The van der Waals surface area contributed by atoms with Crippen LogP contribution in [0, 0.1) is 23.7 Å². The van der Waals surface area contributed by atoms with Crippen LogP contribution < -0.4 is 5.32 Å². The van der Waals surface area contributed by atoms with Gasteiger partial charge in [0, 0.05) is 51.5 Å². The zero-order chi connectivity index (χ0) is 26.6. The first-order chi connectivity index (χ1) is 17.7. The molecule has 4 heterocycles. The Morgan fingerprint density at radius 2 is 1.65 bits per heavy atom. The van der Waals surface area contributed by atoms with Gasteiger partial charge in [0.2, 0.25) is 11.8 Å². The average molecular weight is 521 g/mol. The van der Waals surface area contributed by atoms with Crippen molar-refractivity contribution in [2.24, 2.45) is 23.7 Å². The number of carbonyl (C=O) groups is 2. The molecule has 37 heavy (non-hydrogen) atoms. The summed E-state index contributed by atoms with van der Waals surface area (Å²) in [5.74, 6) is 1.66. The van der Waals surface area contributed by atoms with Crippen molar-refractivity contribution >= 4 is 11.8 Å². The molecule has 4 aliphatic heterocycles. The lowest BCUT2D eigenvalue weighted by Crippen LogP contribution is -2.63. The molecule has 0 aromatic heterocycles. The largest absolute Gasteiger partial charge is 0.349 e. The zero-order valence-corrected chi connectivity index (χ0v) is 24.0. The van der Waals surface area contributed by atoms with Crippen molar-refractivity contribution in [2.45, 2.75) is 91.0 Å². The summed E-state index contributed by atoms with van der Waals surface area (Å²) in [4.78, 5) is 33.5. The minimum Gasteiger partial charge on any atom is -0.349 e. The van der Waals surface area contributed by atoms with Crippen LogP contribution in [0.1, 0.15) is 73.1 Å². The number of hydrogen-bond donors (Lipinski definition) is 1. The summed E-state index contributed by atoms with van der Waals surface area (Å²) in [5, 5.41) is 3.37. The van der Waals surface area contributed by atoms with E-state index in [1.807, 2.05) is 9.80 Å². The number of nitrogens with zero attached hydrogens (tertiary/aromatic N) is 3. The number of rotatable bonds is 8. The van der Waals surface area contributed by atoms with E-state index >= 15 is 0 Å². The summed E-state index contributed by atoms with van der Waals surface area (Å²) < 4.78 is 12.7. The van der Waals surface area contributed by atoms with Crippen LogP contribution in [-0.2, 0) is 19.1 Å². The van der Waals surface area contributed by atoms with E-state index in [-0.39, 0.29) is 23.9 Å². The molecule has 0 aliphatic carbocycles. The van der Waals surface area contributed by atoms with Crippen LogP contribution in [0.25, 0.3) is 0 Å². The highest BCUT2D eigenvalue weighted by molar-refractivity contribution is 5.90. The third kappa shape index (κ3) is 7.46. The highest BCUT2D eigenvalue weighted by Crippen LogP contribution is 2.33. The Morgan fingerprint density at radius 3 is 2.24 bits per heavy atom. The van der Waals surface area contributed by atoms with Gasteiger partial charge >= 0.3 is 0 Å². The number of carbonyl (C=O) groups excluding carboxylic acids is 2. The van der Waals surface area contributed by atoms with Gasteiger partial charge < -0.3 is 29.5 Å². The standard InChI is InChI=1S/C29H52N4O4/c1-21(2)16-25-27(34)33(15-10-30-25)26(17-22(3)4)28(35)32-13-8-29(9-14-32)36-19-24(20-37-29)18-31-11-6-23(5)7-12-31/h21-26,30H,6-20H2,1-5H3/t25-,26?/m0/s1. The molecule has 4 fully saturated rings. The second-order valence-electron chi connectivity index (χ2n) is 13.0. The second kappa shape index (κ2) is 12.8. The third-order valence-electron chi connectivity index (χ3n) is 8.78. The quantitative estimate of drug-likeness (QED) is 0.531. The number of likely N-dealkylation sites (tertiary alicyclic amines) is 2. The lowest BCUT2D eigenvalue weighted by molar-refractivity contribution is -0.298. The molecule has 1 spiro atoms. The molecule has 0 bridgehead atoms. The summed E-state index contributed by atoms with van der Waals surface area (Å²) in [6.45, 7) is 18.4. The van der Waals surface area contributed by atoms with Crippen molar-refractivity contribution in [1.82, 2.24) is 20.0 Å². The summed E-state index contributed by atoms with van der Waals surface area (Å²) in [5.41, 5.74) is 0. The van der Waals surface area contributed by atoms with Crippen LogP contribution in [0.2, 0.25) is 0 Å². The maximum Gasteiger partial charge on any atom is 0.245 e. The van der Waals surface area contributed by atoms with Crippen LogP contribution in [0.15, 0.2) is 0 Å². The molecule has 0 aromatic carbocycles. The fourth-order valence-electron chi connectivity index (χ4n) is 6.44. The Hall–Kier alpha value is -1.22. The van der Waals surface area contributed by atoms with Gasteiger partial charge in [0.05, 0.1) is 19.3 Å². The molecule has 8 heteroatoms. The predicted octanol–water partition coefficient (Wildman–Crippen LogP) is 2.96. The van der Waals surface area contributed by atoms with Crippen LogP contribution in [-0.4, -0.2) is 103 Å². The van der Waals surface area contributed by atoms with E-state index < -0.39 is 5.79 Å². The van der Waals surface area contributed by atoms with Crippen molar-refractivity contribution in [3.05, 3.63) is 0 Å². The highest BCUT2D eigenvalue weighted by atomic mass is 16.7. The number of piperazine rings is 1. The minimum atomic E-state index is -0.551. The van der Waals surface area contributed by atoms with Crippen molar-refractivity contribution in [2.75, 3.05) is 59.0 Å². The van der Waals surface area contributed by atoms with E-state index in [4.69, 9.17) is 9.47 Å². The number of hydrogen-bond acceptors (Lipinski definition) is 6. The number of ether oxygens (including phenoxy) is 2. The van der Waals surface area contributed by atoms with E-state index in [1.54, 1.807) is 0 Å². The topological polar surface area (TPSA) is 74.4 Å². The molecule has 8 nitrogen and oxygen atoms in total. The molecule has 1 N–H and O–H groups in total. The molecule has 0 saturated carbocycles. The molecule has 0 aromatic rings. The molecule has 212 valence electrons. The predicted molar refractivity (Wildman–Crippen MR) is 145 cm³/mol. The number of nitrogens with one attached hydrogen (secondary N) is 1. The normalized spacial score (nSPS) is 27.4. The van der Waals surface area contributed by atoms with Crippen LogP contribution in [0.3, 0.4) is 0 Å². The van der Waals surface area contributed by atoms with Crippen LogP contribution in [0.5, 0.6) is 0 Å². The highest BCUT2D eigenvalue weighted by Gasteiger charge is 2.44. The lowest BCUT2D eigenvalue weighted by atomic mass is 9.95. The smallest absolute Gasteiger partial charge is 0.245 e. The monoisotopic (exact) mass is 520 g/mol. The third-order valence-corrected chi connectivity index (χ3v) is 8.78. The molecule has 4 saturated heterocycles. The maximum absolute atomic E-state index is 13.8. The van der Waals surface area contributed by atoms with Gasteiger partial charge in [-0.2, -0.15) is 0 Å². The van der Waals surface area contributed by atoms with Crippen molar-refractivity contribution in [1.29, 1.82) is 0 Å². The van der Waals surface area contributed by atoms with Crippen molar-refractivity contribution < 1.29 is 19.1 Å². The van der Waals surface area contributed by atoms with E-state index in [0.717, 1.165) is 38.6 Å². The molecular weight excluding hydrogens is 468 g/mol. The van der Waals surface area contributed by atoms with Gasteiger partial charge in [-0.25, -0.2) is 0 Å². The Labute approximate surface area is 224 Å². The molecule has 1 unspecified atom stereocenters. The van der Waals surface area contributed by atoms with Crippen LogP contribution in [0.4, 0.5) is 0 Å². The molecule has 2 atom stereocenters. The Morgan fingerprint density at radius 1 is 1.00 bits per heavy atom. The Kier molecular flexibility index (Phi) is 9.92. The lowest BCUT2D eigenvalue weighted by Gasteiger charge is -2.47. The number of amides is 2. The van der Waals surface area contributed by atoms with Gasteiger partial charge in [-0.1, -0.05) is 34.6 Å². The summed E-state index contributed by atoms with van der Waals surface area (Å²) in [7, 11) is 0. The van der Waals surface area contributed by atoms with Gasteiger partial charge in [0.25, 0.3) is 0 Å². The Balaban J connectivity index is 1.30. The molecular formula is C29H52N4O4. The minimum absolute atomic E-state index is 0.0839. The fourth-order valence-corrected chi connectivity index (χ4v) is 6.44. The number of piperidine rings is 2. The van der Waals surface area contributed by atoms with Gasteiger partial charge in [-0.3, -0.25) is 9.59 Å². The zero-order valence-electron chi connectivity index (χ0n) is 24.0. The first-order valence-electron chi connectivity index (χ1n) is 15.0. The van der Waals surface area contributed by atoms with Crippen molar-refractivity contribution in [3.63, 3.8) is 0 Å². The van der Waals surface area contributed by atoms with E-state index in [0.29, 0.717) is 56.7 Å². The van der Waals surface area contributed by atoms with Gasteiger partial charge in [-0.15, -0.1) is 0 Å². The molecule has 4 rings (SSSR count). The van der Waals surface area contributed by atoms with Gasteiger partial charge in [0.15, 0.2) is 5.79 Å². The van der Waals surface area contributed by atoms with Crippen molar-refractivity contribution in [3.8, 4) is 0 Å². The second-order valence-corrected chi connectivity index (χ2v) is 13.0. The van der Waals surface area contributed by atoms with Gasteiger partial charge in [-0.05, 0) is 56.5 Å². The van der Waals surface area contributed by atoms with E-state index in [1.165, 1.54) is 25.9 Å². The summed E-state index contributed by atoms with van der Waals surface area (Å²) in [6, 6.07) is -0.575. The molecule has 2 amide bonds. The SMILES string of the molecule is CC(C)CC(C(=O)N1CCC2(CC1)OCC(CN1CCC(C)CC1)CO2)N1CCN[C@@H](CC(C)C)C1=O. The molecule has 4 aliphatic rings. The first-order valence-corrected chi connectivity index (χ1v) is 15.0.